The van der Waals surface area contributed by atoms with E-state index in [4.69, 9.17) is 11.6 Å². The molecule has 2 aliphatic rings. The third-order valence-electron chi connectivity index (χ3n) is 4.75. The Hall–Kier alpha value is -2.34. The van der Waals surface area contributed by atoms with Crippen molar-refractivity contribution in [1.29, 1.82) is 0 Å². The van der Waals surface area contributed by atoms with Gasteiger partial charge in [0.25, 0.3) is 0 Å². The van der Waals surface area contributed by atoms with E-state index >= 15 is 0 Å². The Labute approximate surface area is 150 Å². The van der Waals surface area contributed by atoms with Gasteiger partial charge in [0.2, 0.25) is 0 Å². The van der Waals surface area contributed by atoms with Crippen LogP contribution in [0.1, 0.15) is 5.56 Å². The fourth-order valence-corrected chi connectivity index (χ4v) is 3.63. The van der Waals surface area contributed by atoms with Gasteiger partial charge in [-0.3, -0.25) is 4.90 Å². The molecule has 7 heteroatoms. The molecule has 1 aromatic heterocycles. The molecular formula is C18H18ClFN4O. The smallest absolute Gasteiger partial charge is 0.324 e. The largest absolute Gasteiger partial charge is 0.353 e. The van der Waals surface area contributed by atoms with E-state index in [1.54, 1.807) is 0 Å². The van der Waals surface area contributed by atoms with E-state index < -0.39 is 0 Å². The van der Waals surface area contributed by atoms with Crippen molar-refractivity contribution in [3.8, 4) is 0 Å². The molecule has 2 aliphatic heterocycles. The van der Waals surface area contributed by atoms with Gasteiger partial charge in [-0.1, -0.05) is 11.6 Å². The predicted molar refractivity (Wildman–Crippen MR) is 95.9 cm³/mol. The van der Waals surface area contributed by atoms with Crippen LogP contribution in [0.5, 0.6) is 0 Å². The van der Waals surface area contributed by atoms with Crippen molar-refractivity contribution in [3.05, 3.63) is 52.9 Å². The van der Waals surface area contributed by atoms with Gasteiger partial charge < -0.3 is 9.80 Å². The lowest BCUT2D eigenvalue weighted by Gasteiger charge is -2.37. The normalized spacial score (nSPS) is 17.0. The summed E-state index contributed by atoms with van der Waals surface area (Å²) in [5.74, 6) is 0.323. The summed E-state index contributed by atoms with van der Waals surface area (Å²) in [6.45, 7) is 3.15. The Bertz CT molecular complexity index is 807. The number of urea groups is 1. The third kappa shape index (κ3) is 3.14. The van der Waals surface area contributed by atoms with Gasteiger partial charge in [-0.2, -0.15) is 0 Å². The van der Waals surface area contributed by atoms with Crippen LogP contribution in [0.4, 0.5) is 20.7 Å². The lowest BCUT2D eigenvalue weighted by Crippen LogP contribution is -2.53. The van der Waals surface area contributed by atoms with Gasteiger partial charge in [-0.15, -0.1) is 0 Å². The first-order valence-corrected chi connectivity index (χ1v) is 8.71. The molecule has 25 heavy (non-hydrogen) atoms. The molecule has 1 saturated heterocycles. The van der Waals surface area contributed by atoms with E-state index in [1.807, 2.05) is 32.9 Å². The number of amides is 2. The number of fused-ring (bicyclic) bond motifs is 1. The van der Waals surface area contributed by atoms with Crippen LogP contribution in [0.15, 0.2) is 36.5 Å². The van der Waals surface area contributed by atoms with Crippen LogP contribution >= 0.6 is 11.6 Å². The maximum Gasteiger partial charge on any atom is 0.324 e. The average Bonchev–Trinajstić information content (AvgIpc) is 3.04. The molecule has 1 fully saturated rings. The molecule has 5 nitrogen and oxygen atoms in total. The van der Waals surface area contributed by atoms with E-state index in [2.05, 4.69) is 4.98 Å². The minimum atomic E-state index is -0.296. The molecule has 130 valence electrons. The zero-order chi connectivity index (χ0) is 17.4. The quantitative estimate of drug-likeness (QED) is 0.784. The highest BCUT2D eigenvalue weighted by molar-refractivity contribution is 6.30. The van der Waals surface area contributed by atoms with Crippen molar-refractivity contribution in [2.24, 2.45) is 0 Å². The van der Waals surface area contributed by atoms with Gasteiger partial charge >= 0.3 is 6.03 Å². The first-order valence-electron chi connectivity index (χ1n) is 8.33. The van der Waals surface area contributed by atoms with Gasteiger partial charge in [0.05, 0.1) is 0 Å². The van der Waals surface area contributed by atoms with Crippen molar-refractivity contribution in [2.75, 3.05) is 42.5 Å². The number of aromatic nitrogens is 1. The molecule has 2 aromatic rings. The van der Waals surface area contributed by atoms with Gasteiger partial charge in [-0.25, -0.2) is 14.2 Å². The lowest BCUT2D eigenvalue weighted by atomic mass is 10.2. The summed E-state index contributed by atoms with van der Waals surface area (Å²) >= 11 is 6.03. The van der Waals surface area contributed by atoms with Crippen LogP contribution in [0, 0.1) is 5.82 Å². The minimum Gasteiger partial charge on any atom is -0.353 e. The molecule has 4 rings (SSSR count). The fraction of sp³-hybridized carbons (Fsp3) is 0.333. The maximum atomic E-state index is 13.4. The van der Waals surface area contributed by atoms with E-state index in [1.165, 1.54) is 18.3 Å². The molecule has 1 aromatic carbocycles. The molecule has 0 atom stereocenters. The van der Waals surface area contributed by atoms with Crippen LogP contribution < -0.4 is 9.80 Å². The van der Waals surface area contributed by atoms with Gasteiger partial charge in [0.1, 0.15) is 11.6 Å². The number of nitrogens with zero attached hydrogens (tertiary/aromatic N) is 4. The Morgan fingerprint density at radius 2 is 1.88 bits per heavy atom. The van der Waals surface area contributed by atoms with Gasteiger partial charge in [-0.05, 0) is 36.2 Å². The van der Waals surface area contributed by atoms with E-state index in [9.17, 15) is 9.18 Å². The van der Waals surface area contributed by atoms with Gasteiger partial charge in [0, 0.05) is 55.7 Å². The molecule has 0 radical (unpaired) electrons. The number of hydrogen-bond acceptors (Lipinski definition) is 3. The predicted octanol–water partition coefficient (Wildman–Crippen LogP) is 3.18. The average molecular weight is 361 g/mol. The van der Waals surface area contributed by atoms with Gasteiger partial charge in [0.15, 0.2) is 0 Å². The Morgan fingerprint density at radius 1 is 1.08 bits per heavy atom. The summed E-state index contributed by atoms with van der Waals surface area (Å²) in [5, 5.41) is 0.698. The second-order valence-electron chi connectivity index (χ2n) is 6.26. The second-order valence-corrected chi connectivity index (χ2v) is 6.70. The number of anilines is 2. The number of halogens is 2. The first kappa shape index (κ1) is 16.1. The molecular weight excluding hydrogens is 343 g/mol. The summed E-state index contributed by atoms with van der Waals surface area (Å²) in [5.41, 5.74) is 2.06. The van der Waals surface area contributed by atoms with E-state index in [0.717, 1.165) is 17.7 Å². The highest BCUT2D eigenvalue weighted by atomic mass is 35.5. The zero-order valence-electron chi connectivity index (χ0n) is 13.7. The van der Waals surface area contributed by atoms with Crippen LogP contribution in [-0.2, 0) is 6.42 Å². The molecule has 0 spiro atoms. The van der Waals surface area contributed by atoms with Crippen LogP contribution in [0.25, 0.3) is 0 Å². The highest BCUT2D eigenvalue weighted by Gasteiger charge is 2.30. The number of carbonyl (C=O) groups excluding carboxylic acids is 1. The van der Waals surface area contributed by atoms with E-state index in [0.29, 0.717) is 43.6 Å². The lowest BCUT2D eigenvalue weighted by molar-refractivity contribution is 0.201. The Morgan fingerprint density at radius 3 is 2.64 bits per heavy atom. The summed E-state index contributed by atoms with van der Waals surface area (Å²) in [6, 6.07) is 8.44. The van der Waals surface area contributed by atoms with Crippen LogP contribution in [-0.4, -0.2) is 48.6 Å². The highest BCUT2D eigenvalue weighted by Crippen LogP contribution is 2.31. The third-order valence-corrected chi connectivity index (χ3v) is 4.98. The topological polar surface area (TPSA) is 39.7 Å². The molecule has 2 amide bonds. The summed E-state index contributed by atoms with van der Waals surface area (Å²) < 4.78 is 13.4. The monoisotopic (exact) mass is 360 g/mol. The molecule has 0 N–H and O–H groups in total. The van der Waals surface area contributed by atoms with Crippen molar-refractivity contribution < 1.29 is 9.18 Å². The van der Waals surface area contributed by atoms with E-state index in [-0.39, 0.29) is 11.8 Å². The molecule has 0 bridgehead atoms. The summed E-state index contributed by atoms with van der Waals surface area (Å²) in [4.78, 5) is 22.8. The Kier molecular flexibility index (Phi) is 4.21. The fourth-order valence-electron chi connectivity index (χ4n) is 3.43. The number of hydrogen-bond donors (Lipinski definition) is 0. The SMILES string of the molecule is O=C(N1CCN(c2cc(F)ccn2)CC1)N1CCc2cc(Cl)ccc21. The maximum absolute atomic E-state index is 13.4. The summed E-state index contributed by atoms with van der Waals surface area (Å²) in [7, 11) is 0. The molecule has 0 saturated carbocycles. The number of benzene rings is 1. The van der Waals surface area contributed by atoms with Crippen molar-refractivity contribution in [2.45, 2.75) is 6.42 Å². The summed E-state index contributed by atoms with van der Waals surface area (Å²) in [6.07, 6.45) is 2.29. The van der Waals surface area contributed by atoms with Crippen molar-refractivity contribution in [1.82, 2.24) is 9.88 Å². The molecule has 0 unspecified atom stereocenters. The standard InChI is InChI=1S/C18H18ClFN4O/c19-14-1-2-16-13(11-14)4-6-24(16)18(25)23-9-7-22(8-10-23)17-12-15(20)3-5-21-17/h1-3,5,11-12H,4,6-10H2. The molecule has 3 heterocycles. The molecule has 0 aliphatic carbocycles. The van der Waals surface area contributed by atoms with Crippen molar-refractivity contribution in [3.63, 3.8) is 0 Å². The Balaban J connectivity index is 1.43. The number of piperazine rings is 1. The minimum absolute atomic E-state index is 0.0212. The van der Waals surface area contributed by atoms with Crippen molar-refractivity contribution >= 4 is 29.1 Å². The number of rotatable bonds is 1. The second kappa shape index (κ2) is 6.52. The number of pyridine rings is 1. The number of carbonyl (C=O) groups is 1. The zero-order valence-corrected chi connectivity index (χ0v) is 14.4. The van der Waals surface area contributed by atoms with Crippen LogP contribution in [0.3, 0.4) is 0 Å². The first-order chi connectivity index (χ1) is 12.1. The van der Waals surface area contributed by atoms with Crippen LogP contribution in [0.2, 0.25) is 5.02 Å².